The molecule has 0 radical (unpaired) electrons. The number of hydrogen-bond acceptors (Lipinski definition) is 0. The zero-order valence-corrected chi connectivity index (χ0v) is 9.07. The molecule has 0 aromatic carbocycles. The molecule has 0 aliphatic rings. The van der Waals surface area contributed by atoms with E-state index >= 15 is 0 Å². The Bertz CT molecular complexity index is 219. The fourth-order valence-corrected chi connectivity index (χ4v) is 1.29. The van der Waals surface area contributed by atoms with E-state index in [2.05, 4.69) is 20.4 Å². The third-order valence-corrected chi connectivity index (χ3v) is 2.39. The summed E-state index contributed by atoms with van der Waals surface area (Å²) >= 11 is 5.99. The van der Waals surface area contributed by atoms with E-state index in [0.717, 1.165) is 10.6 Å². The summed E-state index contributed by atoms with van der Waals surface area (Å²) < 4.78 is 0. The quantitative estimate of drug-likeness (QED) is 0.575. The van der Waals surface area contributed by atoms with Crippen LogP contribution in [0.5, 0.6) is 0 Å². The van der Waals surface area contributed by atoms with Gasteiger partial charge in [-0.3, -0.25) is 0 Å². The van der Waals surface area contributed by atoms with Gasteiger partial charge in [-0.15, -0.1) is 0 Å². The summed E-state index contributed by atoms with van der Waals surface area (Å²) in [5, 5.41) is 0.818. The Hall–Kier alpha value is -0.490. The second-order valence-corrected chi connectivity index (χ2v) is 3.48. The predicted molar refractivity (Wildman–Crippen MR) is 57.3 cm³/mol. The van der Waals surface area contributed by atoms with E-state index in [0.29, 0.717) is 5.92 Å². The molecule has 1 heteroatoms. The first-order chi connectivity index (χ1) is 5.54. The maximum Gasteiger partial charge on any atom is 0.0395 e. The molecule has 0 rings (SSSR count). The Kier molecular flexibility index (Phi) is 5.00. The summed E-state index contributed by atoms with van der Waals surface area (Å²) in [6, 6.07) is 0. The number of rotatable bonds is 3. The van der Waals surface area contributed by atoms with Gasteiger partial charge in [0.2, 0.25) is 0 Å². The van der Waals surface area contributed by atoms with Crippen LogP contribution in [-0.2, 0) is 0 Å². The third-order valence-electron chi connectivity index (χ3n) is 1.89. The lowest BCUT2D eigenvalue weighted by Crippen LogP contribution is -1.94. The zero-order valence-electron chi connectivity index (χ0n) is 8.32. The lowest BCUT2D eigenvalue weighted by atomic mass is 9.98. The van der Waals surface area contributed by atoms with E-state index in [9.17, 15) is 0 Å². The molecule has 0 spiro atoms. The molecule has 0 aliphatic carbocycles. The highest BCUT2D eigenvalue weighted by Crippen LogP contribution is 2.23. The summed E-state index contributed by atoms with van der Waals surface area (Å²) in [6.07, 6.45) is 3.79. The van der Waals surface area contributed by atoms with Gasteiger partial charge < -0.3 is 0 Å². The van der Waals surface area contributed by atoms with Crippen molar-refractivity contribution in [3.8, 4) is 0 Å². The fourth-order valence-electron chi connectivity index (χ4n) is 1.18. The maximum absolute atomic E-state index is 5.99. The van der Waals surface area contributed by atoms with Crippen LogP contribution in [0.15, 0.2) is 34.9 Å². The third kappa shape index (κ3) is 2.86. The van der Waals surface area contributed by atoms with Gasteiger partial charge in [0.15, 0.2) is 0 Å². The van der Waals surface area contributed by atoms with Crippen molar-refractivity contribution in [1.82, 2.24) is 0 Å². The van der Waals surface area contributed by atoms with Crippen molar-refractivity contribution in [2.24, 2.45) is 5.92 Å². The highest BCUT2D eigenvalue weighted by molar-refractivity contribution is 6.32. The molecule has 0 atom stereocenters. The molecule has 0 aromatic rings. The van der Waals surface area contributed by atoms with Crippen LogP contribution in [0.25, 0.3) is 0 Å². The largest absolute Gasteiger partial charge is 0.0988 e. The van der Waals surface area contributed by atoms with E-state index in [1.54, 1.807) is 0 Å². The number of allylic oxidation sites excluding steroid dienone is 5. The SMILES string of the molecule is C=C/C(=C(C)\C(Cl)=C/C)C(C)C. The van der Waals surface area contributed by atoms with Gasteiger partial charge in [0.05, 0.1) is 0 Å². The molecule has 0 fully saturated rings. The minimum Gasteiger partial charge on any atom is -0.0988 e. The van der Waals surface area contributed by atoms with Crippen LogP contribution < -0.4 is 0 Å². The van der Waals surface area contributed by atoms with Crippen LogP contribution >= 0.6 is 11.6 Å². The van der Waals surface area contributed by atoms with Gasteiger partial charge in [-0.2, -0.15) is 0 Å². The lowest BCUT2D eigenvalue weighted by Gasteiger charge is -2.10. The zero-order chi connectivity index (χ0) is 9.72. The molecule has 0 unspecified atom stereocenters. The Balaban J connectivity index is 4.97. The minimum atomic E-state index is 0.483. The Morgan fingerprint density at radius 1 is 1.42 bits per heavy atom. The van der Waals surface area contributed by atoms with Crippen LogP contribution in [0.3, 0.4) is 0 Å². The number of halogens is 1. The molecule has 0 bridgehead atoms. The molecular weight excluding hydrogens is 168 g/mol. The fraction of sp³-hybridized carbons (Fsp3) is 0.455. The van der Waals surface area contributed by atoms with Crippen LogP contribution in [0, 0.1) is 5.92 Å². The van der Waals surface area contributed by atoms with Crippen molar-refractivity contribution < 1.29 is 0 Å². The van der Waals surface area contributed by atoms with E-state index in [1.807, 2.05) is 26.0 Å². The van der Waals surface area contributed by atoms with Crippen molar-refractivity contribution in [1.29, 1.82) is 0 Å². The standard InChI is InChI=1S/C11H17Cl/c1-6-10(8(3)4)9(5)11(12)7-2/h6-8H,1H2,2-5H3/b10-9+,11-7+. The topological polar surface area (TPSA) is 0 Å². The van der Waals surface area contributed by atoms with E-state index in [4.69, 9.17) is 11.6 Å². The van der Waals surface area contributed by atoms with Crippen molar-refractivity contribution >= 4 is 11.6 Å². The van der Waals surface area contributed by atoms with Crippen LogP contribution in [-0.4, -0.2) is 0 Å². The smallest absolute Gasteiger partial charge is 0.0395 e. The normalized spacial score (nSPS) is 14.7. The summed E-state index contributed by atoms with van der Waals surface area (Å²) in [5.41, 5.74) is 2.35. The van der Waals surface area contributed by atoms with Gasteiger partial charge in [0.25, 0.3) is 0 Å². The van der Waals surface area contributed by atoms with Gasteiger partial charge in [-0.25, -0.2) is 0 Å². The van der Waals surface area contributed by atoms with Crippen molar-refractivity contribution in [2.45, 2.75) is 27.7 Å². The highest BCUT2D eigenvalue weighted by atomic mass is 35.5. The summed E-state index contributed by atoms with van der Waals surface area (Å²) in [6.45, 7) is 12.0. The van der Waals surface area contributed by atoms with Crippen LogP contribution in [0.1, 0.15) is 27.7 Å². The average Bonchev–Trinajstić information content (AvgIpc) is 2.03. The second-order valence-electron chi connectivity index (χ2n) is 3.08. The first kappa shape index (κ1) is 11.5. The molecule has 0 N–H and O–H groups in total. The monoisotopic (exact) mass is 184 g/mol. The molecular formula is C11H17Cl. The molecule has 68 valence electrons. The highest BCUT2D eigenvalue weighted by Gasteiger charge is 2.05. The maximum atomic E-state index is 5.99. The van der Waals surface area contributed by atoms with Gasteiger partial charge in [-0.1, -0.05) is 44.2 Å². The van der Waals surface area contributed by atoms with Crippen LogP contribution in [0.4, 0.5) is 0 Å². The minimum absolute atomic E-state index is 0.483. The Morgan fingerprint density at radius 2 is 1.92 bits per heavy atom. The lowest BCUT2D eigenvalue weighted by molar-refractivity contribution is 0.783. The molecule has 0 aromatic heterocycles. The second kappa shape index (κ2) is 5.21. The van der Waals surface area contributed by atoms with Gasteiger partial charge in [0.1, 0.15) is 0 Å². The molecule has 0 nitrogen and oxygen atoms in total. The van der Waals surface area contributed by atoms with Crippen molar-refractivity contribution in [2.75, 3.05) is 0 Å². The van der Waals surface area contributed by atoms with E-state index in [-0.39, 0.29) is 0 Å². The molecule has 12 heavy (non-hydrogen) atoms. The van der Waals surface area contributed by atoms with Gasteiger partial charge in [0, 0.05) is 5.03 Å². The van der Waals surface area contributed by atoms with Crippen LogP contribution in [0.2, 0.25) is 0 Å². The summed E-state index contributed by atoms with van der Waals surface area (Å²) in [5.74, 6) is 0.483. The molecule has 0 amide bonds. The Labute approximate surface area is 80.6 Å². The van der Waals surface area contributed by atoms with Crippen molar-refractivity contribution in [3.63, 3.8) is 0 Å². The summed E-state index contributed by atoms with van der Waals surface area (Å²) in [4.78, 5) is 0. The molecule has 0 saturated carbocycles. The number of hydrogen-bond donors (Lipinski definition) is 0. The molecule has 0 saturated heterocycles. The van der Waals surface area contributed by atoms with Crippen molar-refractivity contribution in [3.05, 3.63) is 34.9 Å². The van der Waals surface area contributed by atoms with Gasteiger partial charge in [-0.05, 0) is 30.9 Å². The van der Waals surface area contributed by atoms with E-state index < -0.39 is 0 Å². The first-order valence-corrected chi connectivity index (χ1v) is 4.57. The van der Waals surface area contributed by atoms with Gasteiger partial charge >= 0.3 is 0 Å². The molecule has 0 aliphatic heterocycles. The van der Waals surface area contributed by atoms with E-state index in [1.165, 1.54) is 5.57 Å². The predicted octanol–water partition coefficient (Wildman–Crippen LogP) is 4.29. The first-order valence-electron chi connectivity index (χ1n) is 4.20. The summed E-state index contributed by atoms with van der Waals surface area (Å²) in [7, 11) is 0. The average molecular weight is 185 g/mol. The Morgan fingerprint density at radius 3 is 2.17 bits per heavy atom. The molecule has 0 heterocycles.